The Kier molecular flexibility index (Phi) is 5.33. The number of nitrogens with zero attached hydrogens (tertiary/aromatic N) is 4. The van der Waals surface area contributed by atoms with Crippen molar-refractivity contribution >= 4 is 11.6 Å². The normalized spacial score (nSPS) is 19.7. The molecular weight excluding hydrogens is 292 g/mol. The molecule has 2 saturated heterocycles. The lowest BCUT2D eigenvalue weighted by Gasteiger charge is -2.37. The number of hydrogen-bond acceptors (Lipinski definition) is 5. The first-order chi connectivity index (χ1) is 11.3. The van der Waals surface area contributed by atoms with E-state index in [1.807, 2.05) is 17.2 Å². The highest BCUT2D eigenvalue weighted by Crippen LogP contribution is 2.20. The Bertz CT molecular complexity index is 523. The van der Waals surface area contributed by atoms with E-state index in [0.717, 1.165) is 63.5 Å². The van der Waals surface area contributed by atoms with Gasteiger partial charge < -0.3 is 14.5 Å². The number of pyridine rings is 1. The molecule has 23 heavy (non-hydrogen) atoms. The number of methoxy groups -OCH3 is 1. The van der Waals surface area contributed by atoms with E-state index in [4.69, 9.17) is 4.74 Å². The summed E-state index contributed by atoms with van der Waals surface area (Å²) in [6.45, 7) is 6.10. The maximum absolute atomic E-state index is 12.3. The summed E-state index contributed by atoms with van der Waals surface area (Å²) in [6, 6.07) is 2.02. The van der Waals surface area contributed by atoms with Gasteiger partial charge in [-0.15, -0.1) is 0 Å². The molecule has 0 saturated carbocycles. The van der Waals surface area contributed by atoms with Gasteiger partial charge in [-0.1, -0.05) is 0 Å². The Balaban J connectivity index is 1.49. The molecule has 2 aliphatic heterocycles. The molecule has 6 nitrogen and oxygen atoms in total. The van der Waals surface area contributed by atoms with Crippen molar-refractivity contribution in [3.63, 3.8) is 0 Å². The van der Waals surface area contributed by atoms with Crippen LogP contribution in [0.5, 0.6) is 5.75 Å². The zero-order valence-corrected chi connectivity index (χ0v) is 13.9. The molecule has 1 aromatic heterocycles. The topological polar surface area (TPSA) is 48.9 Å². The Morgan fingerprint density at radius 3 is 2.52 bits per heavy atom. The molecule has 2 aliphatic rings. The van der Waals surface area contributed by atoms with Crippen LogP contribution in [-0.4, -0.2) is 73.6 Å². The third kappa shape index (κ3) is 4.13. The highest BCUT2D eigenvalue weighted by molar-refractivity contribution is 5.78. The molecule has 0 bridgehead atoms. The van der Waals surface area contributed by atoms with Crippen LogP contribution in [-0.2, 0) is 4.79 Å². The van der Waals surface area contributed by atoms with Crippen LogP contribution in [0.2, 0.25) is 0 Å². The molecule has 0 unspecified atom stereocenters. The van der Waals surface area contributed by atoms with E-state index in [0.29, 0.717) is 12.5 Å². The number of piperidine rings is 1. The van der Waals surface area contributed by atoms with Gasteiger partial charge in [0.25, 0.3) is 0 Å². The molecule has 6 heteroatoms. The average molecular weight is 318 g/mol. The number of carbonyl (C=O) groups is 1. The Morgan fingerprint density at radius 1 is 1.09 bits per heavy atom. The number of likely N-dealkylation sites (tertiary alicyclic amines) is 1. The summed E-state index contributed by atoms with van der Waals surface area (Å²) in [5.41, 5.74) is 1.09. The Labute approximate surface area is 138 Å². The van der Waals surface area contributed by atoms with Crippen molar-refractivity contribution in [2.45, 2.75) is 19.3 Å². The summed E-state index contributed by atoms with van der Waals surface area (Å²) < 4.78 is 5.24. The van der Waals surface area contributed by atoms with Crippen LogP contribution in [0.4, 0.5) is 5.69 Å². The molecule has 3 rings (SSSR count). The fourth-order valence-corrected chi connectivity index (χ4v) is 3.29. The van der Waals surface area contributed by atoms with Gasteiger partial charge in [0.15, 0.2) is 0 Å². The molecule has 1 amide bonds. The van der Waals surface area contributed by atoms with Crippen molar-refractivity contribution < 1.29 is 9.53 Å². The van der Waals surface area contributed by atoms with Crippen LogP contribution in [0.1, 0.15) is 19.3 Å². The van der Waals surface area contributed by atoms with Gasteiger partial charge in [-0.25, -0.2) is 0 Å². The first-order valence-electron chi connectivity index (χ1n) is 8.50. The van der Waals surface area contributed by atoms with Crippen LogP contribution >= 0.6 is 0 Å². The first kappa shape index (κ1) is 16.1. The van der Waals surface area contributed by atoms with Gasteiger partial charge in [-0.05, 0) is 19.3 Å². The minimum atomic E-state index is 0.293. The summed E-state index contributed by atoms with van der Waals surface area (Å²) in [7, 11) is 1.66. The molecule has 3 heterocycles. The third-order valence-electron chi connectivity index (χ3n) is 4.74. The van der Waals surface area contributed by atoms with Gasteiger partial charge in [0.1, 0.15) is 5.75 Å². The van der Waals surface area contributed by atoms with Crippen LogP contribution < -0.4 is 9.64 Å². The van der Waals surface area contributed by atoms with Crippen LogP contribution in [0.15, 0.2) is 18.5 Å². The Morgan fingerprint density at radius 2 is 1.83 bits per heavy atom. The summed E-state index contributed by atoms with van der Waals surface area (Å²) >= 11 is 0. The van der Waals surface area contributed by atoms with E-state index in [9.17, 15) is 4.79 Å². The lowest BCUT2D eigenvalue weighted by Crippen LogP contribution is -2.50. The molecule has 0 aliphatic carbocycles. The van der Waals surface area contributed by atoms with Crippen molar-refractivity contribution in [3.8, 4) is 5.75 Å². The van der Waals surface area contributed by atoms with E-state index in [1.165, 1.54) is 6.42 Å². The van der Waals surface area contributed by atoms with Gasteiger partial charge in [0, 0.05) is 45.3 Å². The number of anilines is 1. The highest BCUT2D eigenvalue weighted by Gasteiger charge is 2.23. The molecule has 2 fully saturated rings. The van der Waals surface area contributed by atoms with E-state index >= 15 is 0 Å². The summed E-state index contributed by atoms with van der Waals surface area (Å²) in [5, 5.41) is 0. The number of piperazine rings is 1. The van der Waals surface area contributed by atoms with E-state index in [2.05, 4.69) is 14.8 Å². The minimum absolute atomic E-state index is 0.293. The van der Waals surface area contributed by atoms with Gasteiger partial charge in [-0.2, -0.15) is 0 Å². The minimum Gasteiger partial charge on any atom is -0.495 e. The van der Waals surface area contributed by atoms with Crippen molar-refractivity contribution in [3.05, 3.63) is 18.5 Å². The van der Waals surface area contributed by atoms with Gasteiger partial charge in [0.05, 0.1) is 31.7 Å². The smallest absolute Gasteiger partial charge is 0.236 e. The van der Waals surface area contributed by atoms with Gasteiger partial charge in [0.2, 0.25) is 5.91 Å². The SMILES string of the molecule is COc1cncc(N2CCN(CC(=O)N3CCCCC3)CC2)c1. The lowest BCUT2D eigenvalue weighted by atomic mass is 10.1. The fraction of sp³-hybridized carbons (Fsp3) is 0.647. The van der Waals surface area contributed by atoms with Crippen LogP contribution in [0.3, 0.4) is 0 Å². The maximum atomic E-state index is 12.3. The Hall–Kier alpha value is -1.82. The fourth-order valence-electron chi connectivity index (χ4n) is 3.29. The van der Waals surface area contributed by atoms with E-state index in [1.54, 1.807) is 13.3 Å². The highest BCUT2D eigenvalue weighted by atomic mass is 16.5. The van der Waals surface area contributed by atoms with Crippen LogP contribution in [0, 0.1) is 0 Å². The largest absolute Gasteiger partial charge is 0.495 e. The number of hydrogen-bond donors (Lipinski definition) is 0. The second-order valence-electron chi connectivity index (χ2n) is 6.29. The third-order valence-corrected chi connectivity index (χ3v) is 4.74. The summed E-state index contributed by atoms with van der Waals surface area (Å²) in [5.74, 6) is 1.08. The maximum Gasteiger partial charge on any atom is 0.236 e. The molecular formula is C17H26N4O2. The molecule has 126 valence electrons. The number of rotatable bonds is 4. The quantitative estimate of drug-likeness (QED) is 0.835. The first-order valence-corrected chi connectivity index (χ1v) is 8.50. The second-order valence-corrected chi connectivity index (χ2v) is 6.29. The predicted octanol–water partition coefficient (Wildman–Crippen LogP) is 1.22. The number of amides is 1. The lowest BCUT2D eigenvalue weighted by molar-refractivity contribution is -0.133. The molecule has 0 radical (unpaired) electrons. The predicted molar refractivity (Wildman–Crippen MR) is 89.9 cm³/mol. The van der Waals surface area contributed by atoms with Crippen molar-refractivity contribution in [1.29, 1.82) is 0 Å². The molecule has 0 N–H and O–H groups in total. The number of carbonyl (C=O) groups excluding carboxylic acids is 1. The second kappa shape index (κ2) is 7.64. The standard InChI is InChI=1S/C17H26N4O2/c1-23-16-11-15(12-18-13-16)20-9-7-19(8-10-20)14-17(22)21-5-3-2-4-6-21/h11-13H,2-10,14H2,1H3. The number of ether oxygens (including phenoxy) is 1. The summed E-state index contributed by atoms with van der Waals surface area (Å²) in [6.07, 6.45) is 7.16. The molecule has 1 aromatic rings. The zero-order chi connectivity index (χ0) is 16.1. The van der Waals surface area contributed by atoms with Crippen molar-refractivity contribution in [2.75, 3.05) is 57.8 Å². The van der Waals surface area contributed by atoms with Crippen molar-refractivity contribution in [2.24, 2.45) is 0 Å². The van der Waals surface area contributed by atoms with Crippen molar-refractivity contribution in [1.82, 2.24) is 14.8 Å². The summed E-state index contributed by atoms with van der Waals surface area (Å²) in [4.78, 5) is 23.2. The zero-order valence-electron chi connectivity index (χ0n) is 13.9. The monoisotopic (exact) mass is 318 g/mol. The molecule has 0 atom stereocenters. The number of aromatic nitrogens is 1. The average Bonchev–Trinajstić information content (AvgIpc) is 2.63. The molecule has 0 spiro atoms. The van der Waals surface area contributed by atoms with E-state index < -0.39 is 0 Å². The van der Waals surface area contributed by atoms with Gasteiger partial charge >= 0.3 is 0 Å². The van der Waals surface area contributed by atoms with Crippen LogP contribution in [0.25, 0.3) is 0 Å². The molecule has 0 aromatic carbocycles. The van der Waals surface area contributed by atoms with E-state index in [-0.39, 0.29) is 0 Å². The van der Waals surface area contributed by atoms with Gasteiger partial charge in [-0.3, -0.25) is 14.7 Å².